The number of hydrogen-bond donors (Lipinski definition) is 3. The van der Waals surface area contributed by atoms with E-state index in [2.05, 4.69) is 11.6 Å². The van der Waals surface area contributed by atoms with Crippen LogP contribution in [0.3, 0.4) is 0 Å². The summed E-state index contributed by atoms with van der Waals surface area (Å²) in [5, 5.41) is 29.1. The van der Waals surface area contributed by atoms with Crippen molar-refractivity contribution >= 4 is 11.6 Å². The number of benzene rings is 1. The Hall–Kier alpha value is -2.69. The maximum absolute atomic E-state index is 10.5. The number of aromatic hydroxyl groups is 1. The molecule has 0 radical (unpaired) electrons. The van der Waals surface area contributed by atoms with Gasteiger partial charge in [0.05, 0.1) is 18.4 Å². The molecule has 1 unspecified atom stereocenters. The van der Waals surface area contributed by atoms with E-state index in [1.54, 1.807) is 24.4 Å². The molecular weight excluding hydrogens is 326 g/mol. The third-order valence-electron chi connectivity index (χ3n) is 4.08. The van der Waals surface area contributed by atoms with Crippen molar-refractivity contribution in [3.05, 3.63) is 83.7 Å². The molecule has 0 fully saturated rings. The highest BCUT2D eigenvalue weighted by Crippen LogP contribution is 2.25. The maximum atomic E-state index is 10.5. The van der Waals surface area contributed by atoms with E-state index >= 15 is 0 Å². The van der Waals surface area contributed by atoms with Gasteiger partial charge in [-0.25, -0.2) is 0 Å². The van der Waals surface area contributed by atoms with E-state index < -0.39 is 6.10 Å². The Kier molecular flexibility index (Phi) is 7.33. The Labute approximate surface area is 154 Å². The Bertz CT molecular complexity index is 777. The second-order valence-electron chi connectivity index (χ2n) is 6.15. The van der Waals surface area contributed by atoms with Crippen LogP contribution in [0.25, 0.3) is 11.6 Å². The number of nitrogens with zero attached hydrogens (tertiary/aromatic N) is 1. The van der Waals surface area contributed by atoms with Gasteiger partial charge in [-0.05, 0) is 66.8 Å². The van der Waals surface area contributed by atoms with Crippen LogP contribution in [0.4, 0.5) is 0 Å². The summed E-state index contributed by atoms with van der Waals surface area (Å²) in [4.78, 5) is 4.42. The molecule has 0 amide bonds. The highest BCUT2D eigenvalue weighted by Gasteiger charge is 2.13. The lowest BCUT2D eigenvalue weighted by Crippen LogP contribution is -2.12. The molecule has 0 spiro atoms. The van der Waals surface area contributed by atoms with Crippen LogP contribution in [0.5, 0.6) is 5.75 Å². The van der Waals surface area contributed by atoms with E-state index in [-0.39, 0.29) is 12.4 Å². The van der Waals surface area contributed by atoms with Gasteiger partial charge in [0.1, 0.15) is 5.75 Å². The minimum Gasteiger partial charge on any atom is -0.508 e. The Balaban J connectivity index is 2.24. The number of allylic oxidation sites excluding steroid dienone is 1. The summed E-state index contributed by atoms with van der Waals surface area (Å²) in [5.74, 6) is 0.220. The van der Waals surface area contributed by atoms with Crippen molar-refractivity contribution in [1.29, 1.82) is 0 Å². The number of phenolic OH excluding ortho intramolecular Hbond substituents is 1. The van der Waals surface area contributed by atoms with Gasteiger partial charge in [0.25, 0.3) is 0 Å². The van der Waals surface area contributed by atoms with Gasteiger partial charge in [-0.3, -0.25) is 4.98 Å². The molecule has 4 nitrogen and oxygen atoms in total. The van der Waals surface area contributed by atoms with E-state index in [1.807, 2.05) is 43.3 Å². The van der Waals surface area contributed by atoms with Crippen LogP contribution in [0, 0.1) is 0 Å². The zero-order chi connectivity index (χ0) is 18.9. The van der Waals surface area contributed by atoms with Crippen LogP contribution < -0.4 is 0 Å². The van der Waals surface area contributed by atoms with Crippen molar-refractivity contribution in [2.45, 2.75) is 25.9 Å². The van der Waals surface area contributed by atoms with Gasteiger partial charge in [0, 0.05) is 6.20 Å². The van der Waals surface area contributed by atoms with Crippen molar-refractivity contribution in [2.24, 2.45) is 0 Å². The van der Waals surface area contributed by atoms with Crippen LogP contribution >= 0.6 is 0 Å². The summed E-state index contributed by atoms with van der Waals surface area (Å²) in [5.41, 5.74) is 4.19. The molecule has 4 heteroatoms. The maximum Gasteiger partial charge on any atom is 0.115 e. The van der Waals surface area contributed by atoms with Crippen LogP contribution in [-0.2, 0) is 0 Å². The quantitative estimate of drug-likeness (QED) is 0.629. The SMILES string of the molecule is C=C(C)/C(=C/CO)C(O)CC/C(=C/c1ccc(O)cc1)c1ccccn1. The third kappa shape index (κ3) is 5.69. The second-order valence-corrected chi connectivity index (χ2v) is 6.15. The number of aromatic nitrogens is 1. The molecule has 1 atom stereocenters. The second kappa shape index (κ2) is 9.70. The average Bonchev–Trinajstić information content (AvgIpc) is 2.65. The van der Waals surface area contributed by atoms with E-state index in [9.17, 15) is 10.2 Å². The third-order valence-corrected chi connectivity index (χ3v) is 4.08. The topological polar surface area (TPSA) is 73.6 Å². The number of aliphatic hydroxyl groups is 2. The smallest absolute Gasteiger partial charge is 0.115 e. The molecule has 0 aliphatic heterocycles. The Morgan fingerprint density at radius 3 is 2.50 bits per heavy atom. The first-order valence-corrected chi connectivity index (χ1v) is 8.57. The van der Waals surface area contributed by atoms with Crippen LogP contribution in [-0.4, -0.2) is 33.0 Å². The summed E-state index contributed by atoms with van der Waals surface area (Å²) in [7, 11) is 0. The Morgan fingerprint density at radius 2 is 1.92 bits per heavy atom. The molecule has 1 aromatic heterocycles. The molecule has 26 heavy (non-hydrogen) atoms. The zero-order valence-corrected chi connectivity index (χ0v) is 15.0. The molecule has 3 N–H and O–H groups in total. The molecule has 0 saturated heterocycles. The molecule has 2 aromatic rings. The minimum atomic E-state index is -0.702. The van der Waals surface area contributed by atoms with Crippen molar-refractivity contribution < 1.29 is 15.3 Å². The molecule has 1 aromatic carbocycles. The summed E-state index contributed by atoms with van der Waals surface area (Å²) >= 11 is 0. The summed E-state index contributed by atoms with van der Waals surface area (Å²) in [6.45, 7) is 5.55. The summed E-state index contributed by atoms with van der Waals surface area (Å²) in [6.07, 6.45) is 5.73. The first-order valence-electron chi connectivity index (χ1n) is 8.57. The molecule has 136 valence electrons. The average molecular weight is 351 g/mol. The summed E-state index contributed by atoms with van der Waals surface area (Å²) in [6, 6.07) is 12.7. The van der Waals surface area contributed by atoms with Gasteiger partial charge in [-0.2, -0.15) is 0 Å². The molecule has 2 rings (SSSR count). The van der Waals surface area contributed by atoms with Crippen LogP contribution in [0.2, 0.25) is 0 Å². The van der Waals surface area contributed by atoms with Gasteiger partial charge in [-0.15, -0.1) is 0 Å². The predicted molar refractivity (Wildman–Crippen MR) is 105 cm³/mol. The number of hydrogen-bond acceptors (Lipinski definition) is 4. The highest BCUT2D eigenvalue weighted by molar-refractivity contribution is 5.80. The molecule has 0 saturated carbocycles. The monoisotopic (exact) mass is 351 g/mol. The number of pyridine rings is 1. The van der Waals surface area contributed by atoms with Gasteiger partial charge < -0.3 is 15.3 Å². The fourth-order valence-electron chi connectivity index (χ4n) is 2.74. The van der Waals surface area contributed by atoms with Gasteiger partial charge in [0.2, 0.25) is 0 Å². The summed E-state index contributed by atoms with van der Waals surface area (Å²) < 4.78 is 0. The van der Waals surface area contributed by atoms with E-state index in [0.717, 1.165) is 22.4 Å². The first kappa shape index (κ1) is 19.6. The Morgan fingerprint density at radius 1 is 1.19 bits per heavy atom. The number of aliphatic hydroxyl groups excluding tert-OH is 2. The first-order chi connectivity index (χ1) is 12.5. The minimum absolute atomic E-state index is 0.129. The number of phenols is 1. The lowest BCUT2D eigenvalue weighted by molar-refractivity contribution is 0.203. The fraction of sp³-hybridized carbons (Fsp3) is 0.227. The van der Waals surface area contributed by atoms with E-state index in [0.29, 0.717) is 18.4 Å². The predicted octanol–water partition coefficient (Wildman–Crippen LogP) is 3.96. The van der Waals surface area contributed by atoms with E-state index in [1.165, 1.54) is 0 Å². The van der Waals surface area contributed by atoms with Crippen molar-refractivity contribution in [2.75, 3.05) is 6.61 Å². The molecule has 0 aliphatic rings. The van der Waals surface area contributed by atoms with E-state index in [4.69, 9.17) is 5.11 Å². The number of rotatable bonds is 8. The van der Waals surface area contributed by atoms with Crippen molar-refractivity contribution in [3.63, 3.8) is 0 Å². The van der Waals surface area contributed by atoms with Crippen molar-refractivity contribution in [1.82, 2.24) is 4.98 Å². The van der Waals surface area contributed by atoms with Gasteiger partial charge in [0.15, 0.2) is 0 Å². The fourth-order valence-corrected chi connectivity index (χ4v) is 2.74. The van der Waals surface area contributed by atoms with Crippen LogP contribution in [0.15, 0.2) is 72.5 Å². The lowest BCUT2D eigenvalue weighted by Gasteiger charge is -2.16. The largest absolute Gasteiger partial charge is 0.508 e. The van der Waals surface area contributed by atoms with Gasteiger partial charge >= 0.3 is 0 Å². The normalized spacial score (nSPS) is 13.5. The van der Waals surface area contributed by atoms with Crippen molar-refractivity contribution in [3.8, 4) is 5.75 Å². The van der Waals surface area contributed by atoms with Gasteiger partial charge in [-0.1, -0.05) is 36.4 Å². The highest BCUT2D eigenvalue weighted by atomic mass is 16.3. The molecule has 0 aliphatic carbocycles. The van der Waals surface area contributed by atoms with Crippen LogP contribution in [0.1, 0.15) is 31.0 Å². The molecule has 1 heterocycles. The molecule has 0 bridgehead atoms. The zero-order valence-electron chi connectivity index (χ0n) is 15.0. The molecular formula is C22H25NO3. The lowest BCUT2D eigenvalue weighted by atomic mass is 9.95. The standard InChI is InChI=1S/C22H25NO3/c1-16(2)20(12-14-24)22(26)11-8-18(21-5-3-4-13-23-21)15-17-6-9-19(25)10-7-17/h3-7,9-10,12-13,15,22,24-26H,1,8,11,14H2,2H3/b18-15-,20-12-.